The lowest BCUT2D eigenvalue weighted by molar-refractivity contribution is -0.116. The van der Waals surface area contributed by atoms with Crippen LogP contribution in [-0.4, -0.2) is 19.1 Å². The number of ether oxygens (including phenoxy) is 1. The molecule has 0 aromatic heterocycles. The van der Waals surface area contributed by atoms with Crippen LogP contribution in [0.3, 0.4) is 0 Å². The van der Waals surface area contributed by atoms with Crippen molar-refractivity contribution in [3.8, 4) is 5.75 Å². The van der Waals surface area contributed by atoms with Gasteiger partial charge < -0.3 is 15.8 Å². The van der Waals surface area contributed by atoms with E-state index in [2.05, 4.69) is 5.32 Å². The van der Waals surface area contributed by atoms with Gasteiger partial charge in [-0.25, -0.2) is 0 Å². The molecule has 1 heterocycles. The van der Waals surface area contributed by atoms with Crippen molar-refractivity contribution in [3.63, 3.8) is 0 Å². The first kappa shape index (κ1) is 11.0. The zero-order valence-corrected chi connectivity index (χ0v) is 9.16. The number of nitrogens with two attached hydrogens (primary N) is 1. The Morgan fingerprint density at radius 1 is 1.38 bits per heavy atom. The Morgan fingerprint density at radius 3 is 3.06 bits per heavy atom. The van der Waals surface area contributed by atoms with Crippen molar-refractivity contribution in [3.05, 3.63) is 23.8 Å². The molecule has 0 unspecified atom stereocenters. The maximum atomic E-state index is 11.4. The van der Waals surface area contributed by atoms with E-state index in [1.165, 1.54) is 5.56 Å². The van der Waals surface area contributed by atoms with Gasteiger partial charge in [0.1, 0.15) is 12.4 Å². The number of fused-ring (bicyclic) bond motifs is 1. The van der Waals surface area contributed by atoms with Crippen molar-refractivity contribution in [2.24, 2.45) is 5.73 Å². The number of rotatable bonds is 3. The van der Waals surface area contributed by atoms with Crippen molar-refractivity contribution >= 4 is 11.6 Å². The number of carbonyl (C=O) groups is 1. The summed E-state index contributed by atoms with van der Waals surface area (Å²) in [6, 6.07) is 5.80. The summed E-state index contributed by atoms with van der Waals surface area (Å²) in [6.07, 6.45) is 2.43. The van der Waals surface area contributed by atoms with E-state index in [4.69, 9.17) is 10.5 Å². The fourth-order valence-electron chi connectivity index (χ4n) is 1.81. The maximum Gasteiger partial charge on any atom is 0.224 e. The Labute approximate surface area is 94.8 Å². The fraction of sp³-hybridized carbons (Fsp3) is 0.417. The van der Waals surface area contributed by atoms with Crippen molar-refractivity contribution in [2.45, 2.75) is 19.3 Å². The first-order chi connectivity index (χ1) is 7.79. The van der Waals surface area contributed by atoms with Crippen LogP contribution in [0.4, 0.5) is 5.69 Å². The number of hydrogen-bond donors (Lipinski definition) is 2. The third-order valence-electron chi connectivity index (χ3n) is 2.59. The smallest absolute Gasteiger partial charge is 0.224 e. The summed E-state index contributed by atoms with van der Waals surface area (Å²) in [5.74, 6) is 0.834. The van der Waals surface area contributed by atoms with E-state index in [-0.39, 0.29) is 5.91 Å². The molecule has 16 heavy (non-hydrogen) atoms. The summed E-state index contributed by atoms with van der Waals surface area (Å²) in [6.45, 7) is 0.982. The number of anilines is 1. The second-order valence-corrected chi connectivity index (χ2v) is 3.86. The molecular weight excluding hydrogens is 204 g/mol. The lowest BCUT2D eigenvalue weighted by atomic mass is 10.1. The average molecular weight is 220 g/mol. The van der Waals surface area contributed by atoms with Gasteiger partial charge in [0.2, 0.25) is 5.91 Å². The molecule has 4 nitrogen and oxygen atoms in total. The topological polar surface area (TPSA) is 64.3 Å². The molecule has 0 saturated heterocycles. The minimum Gasteiger partial charge on any atom is -0.492 e. The molecule has 0 aliphatic carbocycles. The van der Waals surface area contributed by atoms with Crippen LogP contribution in [0, 0.1) is 0 Å². The monoisotopic (exact) mass is 220 g/mol. The highest BCUT2D eigenvalue weighted by Gasteiger charge is 2.13. The van der Waals surface area contributed by atoms with Crippen molar-refractivity contribution < 1.29 is 9.53 Å². The SMILES string of the molecule is NCCOc1ccc2c(c1)NC(=O)CCC2. The summed E-state index contributed by atoms with van der Waals surface area (Å²) in [7, 11) is 0. The molecule has 1 aliphatic heterocycles. The maximum absolute atomic E-state index is 11.4. The molecule has 3 N–H and O–H groups in total. The van der Waals surface area contributed by atoms with Gasteiger partial charge in [0.15, 0.2) is 0 Å². The van der Waals surface area contributed by atoms with Gasteiger partial charge in [-0.3, -0.25) is 4.79 Å². The van der Waals surface area contributed by atoms with E-state index in [9.17, 15) is 4.79 Å². The highest BCUT2D eigenvalue weighted by molar-refractivity contribution is 5.92. The van der Waals surface area contributed by atoms with E-state index in [1.807, 2.05) is 18.2 Å². The molecule has 0 atom stereocenters. The standard InChI is InChI=1S/C12H16N2O2/c13-6-7-16-10-5-4-9-2-1-3-12(15)14-11(9)8-10/h4-5,8H,1-3,6-7,13H2,(H,14,15). The molecule has 0 bridgehead atoms. The summed E-state index contributed by atoms with van der Waals surface area (Å²) in [5, 5.41) is 2.89. The first-order valence-electron chi connectivity index (χ1n) is 5.55. The van der Waals surface area contributed by atoms with Crippen LogP contribution in [0.1, 0.15) is 18.4 Å². The summed E-state index contributed by atoms with van der Waals surface area (Å²) in [5.41, 5.74) is 7.41. The Kier molecular flexibility index (Phi) is 3.41. The van der Waals surface area contributed by atoms with Crippen LogP contribution in [0.2, 0.25) is 0 Å². The number of hydrogen-bond acceptors (Lipinski definition) is 3. The van der Waals surface area contributed by atoms with Gasteiger partial charge in [0.05, 0.1) is 0 Å². The number of amides is 1. The summed E-state index contributed by atoms with van der Waals surface area (Å²) < 4.78 is 5.42. The average Bonchev–Trinajstić information content (AvgIpc) is 2.46. The van der Waals surface area contributed by atoms with Gasteiger partial charge in [-0.2, -0.15) is 0 Å². The van der Waals surface area contributed by atoms with Crippen LogP contribution in [0.15, 0.2) is 18.2 Å². The predicted octanol–water partition coefficient (Wildman–Crippen LogP) is 1.30. The lowest BCUT2D eigenvalue weighted by Crippen LogP contribution is -2.11. The third kappa shape index (κ3) is 2.52. The normalized spacial score (nSPS) is 14.9. The Bertz CT molecular complexity index is 391. The van der Waals surface area contributed by atoms with Crippen LogP contribution in [-0.2, 0) is 11.2 Å². The van der Waals surface area contributed by atoms with E-state index in [1.54, 1.807) is 0 Å². The molecule has 1 aromatic carbocycles. The zero-order chi connectivity index (χ0) is 11.4. The Balaban J connectivity index is 2.19. The molecule has 0 fully saturated rings. The molecular formula is C12H16N2O2. The largest absolute Gasteiger partial charge is 0.492 e. The van der Waals surface area contributed by atoms with Crippen molar-refractivity contribution in [1.29, 1.82) is 0 Å². The molecule has 2 rings (SSSR count). The van der Waals surface area contributed by atoms with Gasteiger partial charge in [-0.15, -0.1) is 0 Å². The van der Waals surface area contributed by atoms with Gasteiger partial charge in [-0.05, 0) is 24.5 Å². The summed E-state index contributed by atoms with van der Waals surface area (Å²) >= 11 is 0. The Hall–Kier alpha value is -1.55. The third-order valence-corrected chi connectivity index (χ3v) is 2.59. The minimum atomic E-state index is 0.0784. The molecule has 0 radical (unpaired) electrons. The summed E-state index contributed by atoms with van der Waals surface area (Å²) in [4.78, 5) is 11.4. The molecule has 4 heteroatoms. The van der Waals surface area contributed by atoms with E-state index >= 15 is 0 Å². The van der Waals surface area contributed by atoms with Crippen molar-refractivity contribution in [1.82, 2.24) is 0 Å². The van der Waals surface area contributed by atoms with E-state index < -0.39 is 0 Å². The molecule has 1 amide bonds. The van der Waals surface area contributed by atoms with E-state index in [0.717, 1.165) is 24.3 Å². The number of aryl methyl sites for hydroxylation is 1. The van der Waals surface area contributed by atoms with Gasteiger partial charge in [0, 0.05) is 24.7 Å². The quantitative estimate of drug-likeness (QED) is 0.807. The second-order valence-electron chi connectivity index (χ2n) is 3.86. The van der Waals surface area contributed by atoms with E-state index in [0.29, 0.717) is 19.6 Å². The number of carbonyl (C=O) groups excluding carboxylic acids is 1. The molecule has 1 aromatic rings. The molecule has 0 saturated carbocycles. The Morgan fingerprint density at radius 2 is 2.25 bits per heavy atom. The second kappa shape index (κ2) is 4.99. The highest BCUT2D eigenvalue weighted by Crippen LogP contribution is 2.26. The number of benzene rings is 1. The fourth-order valence-corrected chi connectivity index (χ4v) is 1.81. The minimum absolute atomic E-state index is 0.0784. The first-order valence-corrected chi connectivity index (χ1v) is 5.55. The van der Waals surface area contributed by atoms with Crippen LogP contribution < -0.4 is 15.8 Å². The highest BCUT2D eigenvalue weighted by atomic mass is 16.5. The van der Waals surface area contributed by atoms with Crippen LogP contribution in [0.5, 0.6) is 5.75 Å². The lowest BCUT2D eigenvalue weighted by Gasteiger charge is -2.10. The van der Waals surface area contributed by atoms with Gasteiger partial charge >= 0.3 is 0 Å². The van der Waals surface area contributed by atoms with Crippen molar-refractivity contribution in [2.75, 3.05) is 18.5 Å². The molecule has 0 spiro atoms. The molecule has 1 aliphatic rings. The van der Waals surface area contributed by atoms with Crippen LogP contribution >= 0.6 is 0 Å². The van der Waals surface area contributed by atoms with Gasteiger partial charge in [-0.1, -0.05) is 6.07 Å². The van der Waals surface area contributed by atoms with Crippen LogP contribution in [0.25, 0.3) is 0 Å². The zero-order valence-electron chi connectivity index (χ0n) is 9.16. The number of nitrogens with one attached hydrogen (secondary N) is 1. The van der Waals surface area contributed by atoms with Gasteiger partial charge in [0.25, 0.3) is 0 Å². The predicted molar refractivity (Wildman–Crippen MR) is 62.6 cm³/mol. The molecule has 86 valence electrons.